The lowest BCUT2D eigenvalue weighted by Crippen LogP contribution is -2.20. The van der Waals surface area contributed by atoms with Crippen molar-refractivity contribution < 1.29 is 23.7 Å². The van der Waals surface area contributed by atoms with E-state index in [4.69, 9.17) is 18.9 Å². The van der Waals surface area contributed by atoms with Gasteiger partial charge in [-0.25, -0.2) is 0 Å². The highest BCUT2D eigenvalue weighted by Crippen LogP contribution is 2.27. The van der Waals surface area contributed by atoms with Crippen molar-refractivity contribution in [3.05, 3.63) is 42.5 Å². The zero-order valence-electron chi connectivity index (χ0n) is 13.3. The van der Waals surface area contributed by atoms with Gasteiger partial charge in [-0.15, -0.1) is 0 Å². The summed E-state index contributed by atoms with van der Waals surface area (Å²) in [6.45, 7) is -0.144. The van der Waals surface area contributed by atoms with E-state index in [-0.39, 0.29) is 12.5 Å². The number of anilines is 1. The molecule has 23 heavy (non-hydrogen) atoms. The summed E-state index contributed by atoms with van der Waals surface area (Å²) in [7, 11) is 4.64. The quantitative estimate of drug-likeness (QED) is 0.850. The molecule has 0 unspecified atom stereocenters. The van der Waals surface area contributed by atoms with Crippen LogP contribution >= 0.6 is 0 Å². The molecular weight excluding hydrogens is 298 g/mol. The Hall–Kier alpha value is -2.89. The summed E-state index contributed by atoms with van der Waals surface area (Å²) in [4.78, 5) is 12.0. The number of carbonyl (C=O) groups is 1. The zero-order valence-corrected chi connectivity index (χ0v) is 13.3. The zero-order chi connectivity index (χ0) is 16.7. The van der Waals surface area contributed by atoms with Crippen LogP contribution in [-0.2, 0) is 4.79 Å². The molecule has 0 fully saturated rings. The van der Waals surface area contributed by atoms with E-state index < -0.39 is 0 Å². The lowest BCUT2D eigenvalue weighted by molar-refractivity contribution is -0.118. The third-order valence-corrected chi connectivity index (χ3v) is 3.08. The molecule has 0 heterocycles. The fourth-order valence-corrected chi connectivity index (χ4v) is 1.95. The molecule has 2 aromatic carbocycles. The minimum Gasteiger partial charge on any atom is -0.496 e. The standard InChI is InChI=1S/C17H19NO5/c1-20-12-8-13(21-2)10-14(9-12)23-11-17(19)18-15-6-4-5-7-16(15)22-3/h4-10H,11H2,1-3H3,(H,18,19). The van der Waals surface area contributed by atoms with E-state index in [2.05, 4.69) is 5.32 Å². The molecule has 0 aliphatic heterocycles. The number of hydrogen-bond acceptors (Lipinski definition) is 5. The first-order valence-electron chi connectivity index (χ1n) is 6.95. The first kappa shape index (κ1) is 16.5. The fraction of sp³-hybridized carbons (Fsp3) is 0.235. The Kier molecular flexibility index (Phi) is 5.68. The Labute approximate surface area is 134 Å². The predicted molar refractivity (Wildman–Crippen MR) is 86.7 cm³/mol. The highest BCUT2D eigenvalue weighted by atomic mass is 16.5. The van der Waals surface area contributed by atoms with Crippen molar-refractivity contribution in [2.45, 2.75) is 0 Å². The van der Waals surface area contributed by atoms with Crippen molar-refractivity contribution in [2.24, 2.45) is 0 Å². The normalized spacial score (nSPS) is 9.87. The summed E-state index contributed by atoms with van der Waals surface area (Å²) < 4.78 is 21.0. The van der Waals surface area contributed by atoms with Crippen LogP contribution in [0.4, 0.5) is 5.69 Å². The van der Waals surface area contributed by atoms with Crippen LogP contribution in [0.25, 0.3) is 0 Å². The molecule has 6 heteroatoms. The number of carbonyl (C=O) groups excluding carboxylic acids is 1. The summed E-state index contributed by atoms with van der Waals surface area (Å²) >= 11 is 0. The molecule has 2 rings (SSSR count). The van der Waals surface area contributed by atoms with Crippen LogP contribution < -0.4 is 24.3 Å². The van der Waals surface area contributed by atoms with E-state index in [1.165, 1.54) is 0 Å². The summed E-state index contributed by atoms with van der Waals surface area (Å²) in [6, 6.07) is 12.2. The molecule has 0 spiro atoms. The van der Waals surface area contributed by atoms with Crippen LogP contribution in [0, 0.1) is 0 Å². The van der Waals surface area contributed by atoms with Gasteiger partial charge in [0.2, 0.25) is 0 Å². The molecule has 0 saturated heterocycles. The Balaban J connectivity index is 1.99. The molecule has 0 bridgehead atoms. The van der Waals surface area contributed by atoms with Gasteiger partial charge >= 0.3 is 0 Å². The third-order valence-electron chi connectivity index (χ3n) is 3.08. The van der Waals surface area contributed by atoms with Crippen molar-refractivity contribution >= 4 is 11.6 Å². The largest absolute Gasteiger partial charge is 0.496 e. The minimum absolute atomic E-state index is 0.144. The molecule has 0 saturated carbocycles. The van der Waals surface area contributed by atoms with Crippen molar-refractivity contribution in [3.63, 3.8) is 0 Å². The Morgan fingerprint density at radius 1 is 0.913 bits per heavy atom. The van der Waals surface area contributed by atoms with Gasteiger partial charge in [0.1, 0.15) is 23.0 Å². The van der Waals surface area contributed by atoms with E-state index in [0.717, 1.165) is 0 Å². The molecule has 0 aliphatic carbocycles. The Morgan fingerprint density at radius 2 is 1.52 bits per heavy atom. The van der Waals surface area contributed by atoms with Crippen molar-refractivity contribution in [1.29, 1.82) is 0 Å². The van der Waals surface area contributed by atoms with Crippen LogP contribution in [0.5, 0.6) is 23.0 Å². The molecule has 0 atom stereocenters. The molecule has 6 nitrogen and oxygen atoms in total. The minimum atomic E-state index is -0.295. The Bertz CT molecular complexity index is 650. The maximum atomic E-state index is 12.0. The van der Waals surface area contributed by atoms with Gasteiger partial charge in [-0.1, -0.05) is 12.1 Å². The molecular formula is C17H19NO5. The molecule has 2 aromatic rings. The SMILES string of the molecule is COc1cc(OC)cc(OCC(=O)Nc2ccccc2OC)c1. The van der Waals surface area contributed by atoms with Gasteiger partial charge in [-0.2, -0.15) is 0 Å². The second-order valence-electron chi connectivity index (χ2n) is 4.59. The monoisotopic (exact) mass is 317 g/mol. The third kappa shape index (κ3) is 4.54. The highest BCUT2D eigenvalue weighted by molar-refractivity contribution is 5.93. The van der Waals surface area contributed by atoms with E-state index in [0.29, 0.717) is 28.7 Å². The number of rotatable bonds is 7. The van der Waals surface area contributed by atoms with Gasteiger partial charge < -0.3 is 24.3 Å². The summed E-state index contributed by atoms with van der Waals surface area (Å²) in [6.07, 6.45) is 0. The van der Waals surface area contributed by atoms with E-state index in [1.807, 2.05) is 12.1 Å². The molecule has 0 aromatic heterocycles. The number of benzene rings is 2. The fourth-order valence-electron chi connectivity index (χ4n) is 1.95. The topological polar surface area (TPSA) is 66.0 Å². The first-order chi connectivity index (χ1) is 11.2. The van der Waals surface area contributed by atoms with Crippen LogP contribution in [0.1, 0.15) is 0 Å². The summed E-state index contributed by atoms with van der Waals surface area (Å²) in [5, 5.41) is 2.74. The maximum Gasteiger partial charge on any atom is 0.262 e. The Morgan fingerprint density at radius 3 is 2.13 bits per heavy atom. The maximum absolute atomic E-state index is 12.0. The number of ether oxygens (including phenoxy) is 4. The van der Waals surface area contributed by atoms with Crippen molar-refractivity contribution in [1.82, 2.24) is 0 Å². The number of hydrogen-bond donors (Lipinski definition) is 1. The second kappa shape index (κ2) is 7.93. The van der Waals surface area contributed by atoms with Gasteiger partial charge in [0.15, 0.2) is 6.61 Å². The van der Waals surface area contributed by atoms with Crippen molar-refractivity contribution in [3.8, 4) is 23.0 Å². The molecule has 0 radical (unpaired) electrons. The average molecular weight is 317 g/mol. The van der Waals surface area contributed by atoms with Crippen LogP contribution in [0.3, 0.4) is 0 Å². The van der Waals surface area contributed by atoms with E-state index >= 15 is 0 Å². The highest BCUT2D eigenvalue weighted by Gasteiger charge is 2.09. The van der Waals surface area contributed by atoms with E-state index in [1.54, 1.807) is 51.7 Å². The number of nitrogens with one attached hydrogen (secondary N) is 1. The predicted octanol–water partition coefficient (Wildman–Crippen LogP) is 2.73. The van der Waals surface area contributed by atoms with Crippen LogP contribution in [0.2, 0.25) is 0 Å². The molecule has 1 N–H and O–H groups in total. The second-order valence-corrected chi connectivity index (χ2v) is 4.59. The van der Waals surface area contributed by atoms with Gasteiger partial charge in [-0.3, -0.25) is 4.79 Å². The molecule has 0 aliphatic rings. The van der Waals surface area contributed by atoms with Crippen LogP contribution in [0.15, 0.2) is 42.5 Å². The first-order valence-corrected chi connectivity index (χ1v) is 6.95. The smallest absolute Gasteiger partial charge is 0.262 e. The van der Waals surface area contributed by atoms with Gasteiger partial charge in [0.25, 0.3) is 5.91 Å². The molecule has 1 amide bonds. The number of amides is 1. The van der Waals surface area contributed by atoms with Crippen LogP contribution in [-0.4, -0.2) is 33.8 Å². The lowest BCUT2D eigenvalue weighted by Gasteiger charge is -2.12. The van der Waals surface area contributed by atoms with E-state index in [9.17, 15) is 4.79 Å². The number of methoxy groups -OCH3 is 3. The molecule has 122 valence electrons. The lowest BCUT2D eigenvalue weighted by atomic mass is 10.3. The summed E-state index contributed by atoms with van der Waals surface area (Å²) in [5.41, 5.74) is 0.590. The van der Waals surface area contributed by atoms with Gasteiger partial charge in [0, 0.05) is 18.2 Å². The van der Waals surface area contributed by atoms with Crippen molar-refractivity contribution in [2.75, 3.05) is 33.3 Å². The average Bonchev–Trinajstić information content (AvgIpc) is 2.60. The number of para-hydroxylation sites is 2. The summed E-state index contributed by atoms with van der Waals surface area (Å²) in [5.74, 6) is 1.95. The van der Waals surface area contributed by atoms with Gasteiger partial charge in [-0.05, 0) is 12.1 Å². The van der Waals surface area contributed by atoms with Gasteiger partial charge in [0.05, 0.1) is 27.0 Å².